The number of anilines is 1. The molecule has 2 amide bonds. The van der Waals surface area contributed by atoms with E-state index in [2.05, 4.69) is 6.92 Å². The molecule has 0 aliphatic carbocycles. The van der Waals surface area contributed by atoms with Crippen LogP contribution >= 0.6 is 11.8 Å². The molecule has 1 unspecified atom stereocenters. The van der Waals surface area contributed by atoms with E-state index in [0.717, 1.165) is 29.5 Å². The number of likely N-dealkylation sites (tertiary alicyclic amines) is 1. The second kappa shape index (κ2) is 11.4. The zero-order chi connectivity index (χ0) is 29.5. The van der Waals surface area contributed by atoms with E-state index >= 15 is 0 Å². The van der Waals surface area contributed by atoms with E-state index in [1.165, 1.54) is 23.9 Å². The predicted octanol–water partition coefficient (Wildman–Crippen LogP) is 5.83. The van der Waals surface area contributed by atoms with Crippen molar-refractivity contribution in [2.24, 2.45) is 5.92 Å². The number of amides is 2. The number of carbonyl (C=O) groups is 2. The lowest BCUT2D eigenvalue weighted by atomic mass is 9.98. The highest BCUT2D eigenvalue weighted by atomic mass is 32.2. The van der Waals surface area contributed by atoms with Crippen LogP contribution < -0.4 is 14.4 Å². The van der Waals surface area contributed by atoms with Gasteiger partial charge in [0.25, 0.3) is 0 Å². The molecule has 0 N–H and O–H groups in total. The lowest BCUT2D eigenvalue weighted by Gasteiger charge is -2.32. The minimum atomic E-state index is -0.374. The number of aromatic nitrogens is 2. The molecule has 0 spiro atoms. The van der Waals surface area contributed by atoms with Gasteiger partial charge in [-0.1, -0.05) is 43.3 Å². The number of piperidine rings is 1. The number of thioether (sulfide) groups is 1. The number of hydrogen-bond donors (Lipinski definition) is 0. The van der Waals surface area contributed by atoms with Crippen molar-refractivity contribution >= 4 is 29.4 Å². The zero-order valence-electron chi connectivity index (χ0n) is 23.7. The fourth-order valence-electron chi connectivity index (χ4n) is 5.92. The highest BCUT2D eigenvalue weighted by molar-refractivity contribution is 8.00. The Bertz CT molecular complexity index is 1670. The Balaban J connectivity index is 1.42. The number of halogens is 1. The Kier molecular flexibility index (Phi) is 7.30. The van der Waals surface area contributed by atoms with Gasteiger partial charge in [0.2, 0.25) is 18.6 Å². The van der Waals surface area contributed by atoms with E-state index in [1.807, 2.05) is 53.4 Å². The van der Waals surface area contributed by atoms with Crippen molar-refractivity contribution in [2.45, 2.75) is 25.0 Å². The molecule has 0 saturated carbocycles. The first-order valence-corrected chi connectivity index (χ1v) is 15.5. The second-order valence-electron chi connectivity index (χ2n) is 11.2. The van der Waals surface area contributed by atoms with Crippen LogP contribution in [0.4, 0.5) is 10.2 Å². The largest absolute Gasteiger partial charge is 0.454 e. The monoisotopic (exact) mass is 598 g/mol. The molecule has 1 saturated heterocycles. The van der Waals surface area contributed by atoms with Crippen LogP contribution in [0.2, 0.25) is 0 Å². The Morgan fingerprint density at radius 1 is 1.00 bits per heavy atom. The van der Waals surface area contributed by atoms with Gasteiger partial charge in [-0.3, -0.25) is 14.5 Å². The quantitative estimate of drug-likeness (QED) is 0.288. The summed E-state index contributed by atoms with van der Waals surface area (Å²) in [5, 5.41) is 4.76. The SMILES string of the molecule is CC1CCN(C(=O)CN2C(=O)CSC(c3ccc4c(c3)OCO4)c3c(-c4ccccc4)nn(-c4ccc(F)cc4)c32)CC1. The van der Waals surface area contributed by atoms with Gasteiger partial charge < -0.3 is 14.4 Å². The summed E-state index contributed by atoms with van der Waals surface area (Å²) in [6.07, 6.45) is 1.89. The van der Waals surface area contributed by atoms with Crippen molar-refractivity contribution in [3.8, 4) is 28.4 Å². The van der Waals surface area contributed by atoms with Crippen LogP contribution in [-0.4, -0.2) is 58.7 Å². The first-order valence-electron chi connectivity index (χ1n) is 14.5. The third-order valence-electron chi connectivity index (χ3n) is 8.34. The molecule has 1 fully saturated rings. The van der Waals surface area contributed by atoms with Gasteiger partial charge in [0.05, 0.1) is 22.4 Å². The molecule has 4 heterocycles. The molecule has 220 valence electrons. The fourth-order valence-corrected chi connectivity index (χ4v) is 7.11. The van der Waals surface area contributed by atoms with Gasteiger partial charge in [-0.05, 0) is 60.7 Å². The molecule has 7 rings (SSSR count). The molecule has 0 bridgehead atoms. The van der Waals surface area contributed by atoms with Gasteiger partial charge in [-0.15, -0.1) is 11.8 Å². The summed E-state index contributed by atoms with van der Waals surface area (Å²) in [6.45, 7) is 3.61. The van der Waals surface area contributed by atoms with Gasteiger partial charge in [0, 0.05) is 24.2 Å². The van der Waals surface area contributed by atoms with Crippen molar-refractivity contribution in [1.82, 2.24) is 14.7 Å². The summed E-state index contributed by atoms with van der Waals surface area (Å²) in [6, 6.07) is 21.6. The van der Waals surface area contributed by atoms with E-state index in [4.69, 9.17) is 14.6 Å². The average Bonchev–Trinajstić information content (AvgIpc) is 3.63. The van der Waals surface area contributed by atoms with Gasteiger partial charge in [0.15, 0.2) is 11.5 Å². The van der Waals surface area contributed by atoms with Crippen molar-refractivity contribution in [1.29, 1.82) is 0 Å². The van der Waals surface area contributed by atoms with Gasteiger partial charge >= 0.3 is 0 Å². The van der Waals surface area contributed by atoms with E-state index in [9.17, 15) is 14.0 Å². The Hall–Kier alpha value is -4.31. The summed E-state index contributed by atoms with van der Waals surface area (Å²) >= 11 is 1.49. The number of hydrogen-bond acceptors (Lipinski definition) is 6. The molecule has 8 nitrogen and oxygen atoms in total. The van der Waals surface area contributed by atoms with Crippen LogP contribution in [-0.2, 0) is 9.59 Å². The number of nitrogens with zero attached hydrogens (tertiary/aromatic N) is 4. The summed E-state index contributed by atoms with van der Waals surface area (Å²) in [7, 11) is 0. The van der Waals surface area contributed by atoms with Crippen LogP contribution in [0.3, 0.4) is 0 Å². The smallest absolute Gasteiger partial charge is 0.242 e. The van der Waals surface area contributed by atoms with E-state index < -0.39 is 0 Å². The molecule has 3 aliphatic heterocycles. The number of fused-ring (bicyclic) bond motifs is 2. The maximum atomic E-state index is 14.0. The Morgan fingerprint density at radius 3 is 2.51 bits per heavy atom. The molecular formula is C33H31FN4O4S. The van der Waals surface area contributed by atoms with Crippen molar-refractivity contribution in [3.05, 3.63) is 89.7 Å². The molecule has 43 heavy (non-hydrogen) atoms. The summed E-state index contributed by atoms with van der Waals surface area (Å²) < 4.78 is 27.0. The number of rotatable bonds is 5. The van der Waals surface area contributed by atoms with Crippen LogP contribution in [0, 0.1) is 11.7 Å². The number of carbonyl (C=O) groups excluding carboxylic acids is 2. The average molecular weight is 599 g/mol. The van der Waals surface area contributed by atoms with Crippen LogP contribution in [0.5, 0.6) is 11.5 Å². The Labute approximate surface area is 253 Å². The van der Waals surface area contributed by atoms with Crippen LogP contribution in [0.25, 0.3) is 16.9 Å². The van der Waals surface area contributed by atoms with Crippen molar-refractivity contribution < 1.29 is 23.5 Å². The van der Waals surface area contributed by atoms with Crippen molar-refractivity contribution in [3.63, 3.8) is 0 Å². The van der Waals surface area contributed by atoms with Gasteiger partial charge in [0.1, 0.15) is 18.2 Å². The van der Waals surface area contributed by atoms with Gasteiger partial charge in [-0.25, -0.2) is 9.07 Å². The van der Waals surface area contributed by atoms with Gasteiger partial charge in [-0.2, -0.15) is 5.10 Å². The molecule has 3 aromatic carbocycles. The lowest BCUT2D eigenvalue weighted by Crippen LogP contribution is -2.46. The normalized spacial score (nSPS) is 18.5. The van der Waals surface area contributed by atoms with E-state index in [0.29, 0.717) is 47.7 Å². The summed E-state index contributed by atoms with van der Waals surface area (Å²) in [5.41, 5.74) is 3.89. The number of benzene rings is 3. The molecule has 1 atom stereocenters. The minimum Gasteiger partial charge on any atom is -0.454 e. The lowest BCUT2D eigenvalue weighted by molar-refractivity contribution is -0.132. The maximum absolute atomic E-state index is 14.0. The summed E-state index contributed by atoms with van der Waals surface area (Å²) in [4.78, 5) is 31.1. The predicted molar refractivity (Wildman–Crippen MR) is 163 cm³/mol. The summed E-state index contributed by atoms with van der Waals surface area (Å²) in [5.74, 6) is 1.92. The third-order valence-corrected chi connectivity index (χ3v) is 9.59. The van der Waals surface area contributed by atoms with Crippen LogP contribution in [0.1, 0.15) is 36.1 Å². The standard InChI is InChI=1S/C33H31FN4O4S/c1-21-13-15-36(16-14-21)28(39)18-37-29(40)19-43-32(23-7-12-26-27(17-23)42-20-41-26)30-31(22-5-3-2-4-6-22)35-38(33(30)37)25-10-8-24(34)9-11-25/h2-12,17,21,32H,13-16,18-20H2,1H3. The fraction of sp³-hybridized carbons (Fsp3) is 0.303. The van der Waals surface area contributed by atoms with E-state index in [1.54, 1.807) is 21.7 Å². The molecule has 10 heteroatoms. The highest BCUT2D eigenvalue weighted by Gasteiger charge is 2.39. The van der Waals surface area contributed by atoms with Crippen LogP contribution in [0.15, 0.2) is 72.8 Å². The first kappa shape index (κ1) is 27.5. The molecule has 0 radical (unpaired) electrons. The van der Waals surface area contributed by atoms with E-state index in [-0.39, 0.29) is 42.0 Å². The minimum absolute atomic E-state index is 0.0918. The topological polar surface area (TPSA) is 76.9 Å². The van der Waals surface area contributed by atoms with Crippen molar-refractivity contribution in [2.75, 3.05) is 37.1 Å². The number of ether oxygens (including phenoxy) is 2. The zero-order valence-corrected chi connectivity index (χ0v) is 24.6. The molecule has 4 aromatic rings. The molecule has 3 aliphatic rings. The maximum Gasteiger partial charge on any atom is 0.242 e. The Morgan fingerprint density at radius 2 is 1.74 bits per heavy atom. The molecular weight excluding hydrogens is 567 g/mol. The molecule has 1 aromatic heterocycles. The first-order chi connectivity index (χ1) is 21.0. The third kappa shape index (κ3) is 5.24. The highest BCUT2D eigenvalue weighted by Crippen LogP contribution is 2.50. The second-order valence-corrected chi connectivity index (χ2v) is 12.3.